The molecule has 3 rings (SSSR count). The van der Waals surface area contributed by atoms with E-state index in [0.717, 1.165) is 36.5 Å². The minimum atomic E-state index is 0.562. The van der Waals surface area contributed by atoms with Gasteiger partial charge in [-0.05, 0) is 44.0 Å². The molecule has 20 heavy (non-hydrogen) atoms. The maximum Gasteiger partial charge on any atom is 0.257 e. The molecule has 1 aliphatic heterocycles. The number of piperidine rings is 1. The molecule has 2 aromatic rings. The third-order valence-corrected chi connectivity index (χ3v) is 3.69. The van der Waals surface area contributed by atoms with Gasteiger partial charge in [0.2, 0.25) is 0 Å². The number of hydrogen-bond acceptors (Lipinski definition) is 5. The van der Waals surface area contributed by atoms with Crippen LogP contribution in [0.2, 0.25) is 0 Å². The van der Waals surface area contributed by atoms with Crippen molar-refractivity contribution in [2.75, 3.05) is 32.1 Å². The molecule has 0 radical (unpaired) electrons. The quantitative estimate of drug-likeness (QED) is 0.892. The van der Waals surface area contributed by atoms with Gasteiger partial charge in [-0.15, -0.1) is 0 Å². The van der Waals surface area contributed by atoms with Crippen molar-refractivity contribution in [3.05, 3.63) is 24.3 Å². The van der Waals surface area contributed by atoms with E-state index in [1.165, 1.54) is 12.8 Å². The predicted molar refractivity (Wildman–Crippen MR) is 80.2 cm³/mol. The summed E-state index contributed by atoms with van der Waals surface area (Å²) in [7, 11) is 1.63. The number of methoxy groups -OCH3 is 1. The second kappa shape index (κ2) is 6.05. The summed E-state index contributed by atoms with van der Waals surface area (Å²) in [4.78, 5) is 9.11. The van der Waals surface area contributed by atoms with E-state index in [9.17, 15) is 0 Å². The smallest absolute Gasteiger partial charge is 0.257 e. The Bertz CT molecular complexity index is 581. The van der Waals surface area contributed by atoms with Crippen molar-refractivity contribution in [1.29, 1.82) is 0 Å². The molecular formula is C15H20N4O. The topological polar surface area (TPSA) is 59.1 Å². The zero-order chi connectivity index (χ0) is 13.8. The Morgan fingerprint density at radius 2 is 2.10 bits per heavy atom. The molecule has 106 valence electrons. The molecule has 1 aromatic carbocycles. The van der Waals surface area contributed by atoms with Crippen LogP contribution in [0.5, 0.6) is 5.88 Å². The van der Waals surface area contributed by atoms with Crippen molar-refractivity contribution >= 4 is 16.9 Å². The Hall–Kier alpha value is -1.88. The van der Waals surface area contributed by atoms with E-state index in [4.69, 9.17) is 4.74 Å². The Labute approximate surface area is 118 Å². The normalized spacial score (nSPS) is 18.9. The summed E-state index contributed by atoms with van der Waals surface area (Å²) in [5.74, 6) is 1.94. The van der Waals surface area contributed by atoms with Crippen LogP contribution >= 0.6 is 0 Å². The van der Waals surface area contributed by atoms with E-state index < -0.39 is 0 Å². The number of nitrogens with one attached hydrogen (secondary N) is 2. The fourth-order valence-corrected chi connectivity index (χ4v) is 2.58. The first-order valence-electron chi connectivity index (χ1n) is 7.12. The molecule has 2 N–H and O–H groups in total. The molecule has 1 aromatic heterocycles. The van der Waals surface area contributed by atoms with E-state index in [0.29, 0.717) is 11.8 Å². The van der Waals surface area contributed by atoms with Crippen LogP contribution in [0.25, 0.3) is 11.0 Å². The fraction of sp³-hybridized carbons (Fsp3) is 0.467. The lowest BCUT2D eigenvalue weighted by atomic mass is 10.00. The van der Waals surface area contributed by atoms with Gasteiger partial charge in [0.1, 0.15) is 0 Å². The van der Waals surface area contributed by atoms with E-state index in [1.807, 2.05) is 24.3 Å². The summed E-state index contributed by atoms with van der Waals surface area (Å²) in [6, 6.07) is 7.84. The van der Waals surface area contributed by atoms with Gasteiger partial charge >= 0.3 is 0 Å². The van der Waals surface area contributed by atoms with E-state index in [-0.39, 0.29) is 0 Å². The molecule has 5 heteroatoms. The molecule has 1 saturated heterocycles. The molecule has 0 aliphatic carbocycles. The van der Waals surface area contributed by atoms with Crippen molar-refractivity contribution in [1.82, 2.24) is 15.3 Å². The number of anilines is 1. The molecule has 0 bridgehead atoms. The van der Waals surface area contributed by atoms with Crippen LogP contribution in [0.1, 0.15) is 12.8 Å². The molecule has 0 unspecified atom stereocenters. The van der Waals surface area contributed by atoms with Gasteiger partial charge in [-0.25, -0.2) is 9.97 Å². The summed E-state index contributed by atoms with van der Waals surface area (Å²) in [5.41, 5.74) is 1.74. The number of fused-ring (bicyclic) bond motifs is 1. The Kier molecular flexibility index (Phi) is 3.97. The van der Waals surface area contributed by atoms with Crippen molar-refractivity contribution in [3.8, 4) is 5.88 Å². The number of rotatable bonds is 4. The zero-order valence-electron chi connectivity index (χ0n) is 11.7. The molecule has 0 saturated carbocycles. The van der Waals surface area contributed by atoms with Crippen molar-refractivity contribution in [2.24, 2.45) is 5.92 Å². The first-order chi connectivity index (χ1) is 9.86. The van der Waals surface area contributed by atoms with Gasteiger partial charge in [0.25, 0.3) is 5.88 Å². The number of benzene rings is 1. The van der Waals surface area contributed by atoms with Crippen LogP contribution < -0.4 is 15.4 Å². The Balaban J connectivity index is 1.78. The predicted octanol–water partition coefficient (Wildman–Crippen LogP) is 2.05. The second-order valence-electron chi connectivity index (χ2n) is 5.16. The monoisotopic (exact) mass is 272 g/mol. The molecule has 1 atom stereocenters. The van der Waals surface area contributed by atoms with Crippen LogP contribution in [-0.2, 0) is 0 Å². The van der Waals surface area contributed by atoms with Crippen molar-refractivity contribution in [2.45, 2.75) is 12.8 Å². The Morgan fingerprint density at radius 1 is 1.30 bits per heavy atom. The van der Waals surface area contributed by atoms with Crippen LogP contribution in [0.3, 0.4) is 0 Å². The molecule has 1 fully saturated rings. The maximum atomic E-state index is 5.34. The van der Waals surface area contributed by atoms with E-state index in [2.05, 4.69) is 20.6 Å². The zero-order valence-corrected chi connectivity index (χ0v) is 11.7. The minimum Gasteiger partial charge on any atom is -0.478 e. The fourth-order valence-electron chi connectivity index (χ4n) is 2.58. The first-order valence-corrected chi connectivity index (χ1v) is 7.12. The highest BCUT2D eigenvalue weighted by molar-refractivity contribution is 5.77. The van der Waals surface area contributed by atoms with Crippen LogP contribution in [0.4, 0.5) is 5.82 Å². The number of ether oxygens (including phenoxy) is 1. The van der Waals surface area contributed by atoms with Gasteiger partial charge in [0, 0.05) is 6.54 Å². The summed E-state index contributed by atoms with van der Waals surface area (Å²) >= 11 is 0. The number of aromatic nitrogens is 2. The van der Waals surface area contributed by atoms with Gasteiger partial charge in [-0.1, -0.05) is 12.1 Å². The van der Waals surface area contributed by atoms with Crippen LogP contribution in [0, 0.1) is 5.92 Å². The molecule has 5 nitrogen and oxygen atoms in total. The average Bonchev–Trinajstić information content (AvgIpc) is 2.53. The van der Waals surface area contributed by atoms with E-state index >= 15 is 0 Å². The van der Waals surface area contributed by atoms with Gasteiger partial charge < -0.3 is 15.4 Å². The van der Waals surface area contributed by atoms with Gasteiger partial charge in [-0.3, -0.25) is 0 Å². The standard InChI is InChI=1S/C15H20N4O/c1-20-15-14(17-10-11-5-4-8-16-9-11)18-12-6-2-3-7-13(12)19-15/h2-3,6-7,11,16H,4-5,8-10H2,1H3,(H,17,18)/t11-/m0/s1. The average molecular weight is 272 g/mol. The molecule has 0 spiro atoms. The SMILES string of the molecule is COc1nc2ccccc2nc1NC[C@H]1CCCNC1. The second-order valence-corrected chi connectivity index (χ2v) is 5.16. The molecule has 1 aliphatic rings. The third-order valence-electron chi connectivity index (χ3n) is 3.69. The van der Waals surface area contributed by atoms with Crippen molar-refractivity contribution in [3.63, 3.8) is 0 Å². The highest BCUT2D eigenvalue weighted by Gasteiger charge is 2.15. The lowest BCUT2D eigenvalue weighted by Gasteiger charge is -2.23. The largest absolute Gasteiger partial charge is 0.478 e. The molecular weight excluding hydrogens is 252 g/mol. The highest BCUT2D eigenvalue weighted by atomic mass is 16.5. The lowest BCUT2D eigenvalue weighted by Crippen LogP contribution is -2.33. The molecule has 0 amide bonds. The van der Waals surface area contributed by atoms with Crippen LogP contribution in [0.15, 0.2) is 24.3 Å². The number of nitrogens with zero attached hydrogens (tertiary/aromatic N) is 2. The van der Waals surface area contributed by atoms with Gasteiger partial charge in [0.05, 0.1) is 18.1 Å². The summed E-state index contributed by atoms with van der Waals surface area (Å²) < 4.78 is 5.34. The maximum absolute atomic E-state index is 5.34. The van der Waals surface area contributed by atoms with Crippen LogP contribution in [-0.4, -0.2) is 36.7 Å². The van der Waals surface area contributed by atoms with Crippen molar-refractivity contribution < 1.29 is 4.74 Å². The molecule has 2 heterocycles. The van der Waals surface area contributed by atoms with Gasteiger partial charge in [0.15, 0.2) is 5.82 Å². The first kappa shape index (κ1) is 13.1. The summed E-state index contributed by atoms with van der Waals surface area (Å²) in [5, 5.41) is 6.81. The summed E-state index contributed by atoms with van der Waals surface area (Å²) in [6.07, 6.45) is 2.50. The van der Waals surface area contributed by atoms with Gasteiger partial charge in [-0.2, -0.15) is 0 Å². The minimum absolute atomic E-state index is 0.562. The lowest BCUT2D eigenvalue weighted by molar-refractivity contribution is 0.387. The third kappa shape index (κ3) is 2.82. The Morgan fingerprint density at radius 3 is 2.80 bits per heavy atom. The van der Waals surface area contributed by atoms with E-state index in [1.54, 1.807) is 7.11 Å². The highest BCUT2D eigenvalue weighted by Crippen LogP contribution is 2.23. The summed E-state index contributed by atoms with van der Waals surface area (Å²) in [6.45, 7) is 3.10. The number of para-hydroxylation sites is 2. The number of hydrogen-bond donors (Lipinski definition) is 2.